The predicted molar refractivity (Wildman–Crippen MR) is 81.3 cm³/mol. The lowest BCUT2D eigenvalue weighted by Crippen LogP contribution is -2.38. The van der Waals surface area contributed by atoms with Gasteiger partial charge in [-0.15, -0.1) is 19.0 Å². The predicted octanol–water partition coefficient (Wildman–Crippen LogP) is 3.09. The molecule has 1 heterocycles. The van der Waals surface area contributed by atoms with Crippen LogP contribution in [0.15, 0.2) is 30.9 Å². The average molecular weight is 280 g/mol. The molecule has 104 valence electrons. The molecular formula is C16H22ClNO. The van der Waals surface area contributed by atoms with Gasteiger partial charge >= 0.3 is 0 Å². The number of methoxy groups -OCH3 is 1. The van der Waals surface area contributed by atoms with Crippen LogP contribution in [0, 0.1) is 5.92 Å². The maximum Gasteiger partial charge on any atom is 0.122 e. The van der Waals surface area contributed by atoms with Crippen LogP contribution in [0.4, 0.5) is 0 Å². The van der Waals surface area contributed by atoms with Crippen molar-refractivity contribution in [3.05, 3.63) is 42.0 Å². The zero-order chi connectivity index (χ0) is 12.5. The van der Waals surface area contributed by atoms with Gasteiger partial charge in [-0.25, -0.2) is 0 Å². The molecule has 0 bridgehead atoms. The molecule has 2 atom stereocenters. The summed E-state index contributed by atoms with van der Waals surface area (Å²) in [6.45, 7) is 6.12. The molecule has 0 aromatic heterocycles. The molecule has 0 radical (unpaired) electrons. The number of nitrogens with zero attached hydrogens (tertiary/aromatic N) is 1. The quantitative estimate of drug-likeness (QED) is 0.789. The van der Waals surface area contributed by atoms with E-state index in [4.69, 9.17) is 4.74 Å². The Balaban J connectivity index is 0.00000133. The summed E-state index contributed by atoms with van der Waals surface area (Å²) in [4.78, 5) is 2.58. The molecule has 1 aliphatic heterocycles. The maximum absolute atomic E-state index is 5.51. The second-order valence-corrected chi connectivity index (χ2v) is 5.41. The molecule has 1 aromatic rings. The molecule has 1 aromatic carbocycles. The Hall–Kier alpha value is -0.990. The van der Waals surface area contributed by atoms with E-state index in [1.165, 1.54) is 36.9 Å². The van der Waals surface area contributed by atoms with Crippen molar-refractivity contribution in [1.82, 2.24) is 4.90 Å². The van der Waals surface area contributed by atoms with Crippen LogP contribution < -0.4 is 4.74 Å². The fourth-order valence-corrected chi connectivity index (χ4v) is 3.63. The number of likely N-dealkylation sites (tertiary alicyclic amines) is 1. The van der Waals surface area contributed by atoms with Crippen LogP contribution in [0.1, 0.15) is 17.5 Å². The highest BCUT2D eigenvalue weighted by atomic mass is 35.5. The molecule has 19 heavy (non-hydrogen) atoms. The van der Waals surface area contributed by atoms with E-state index in [1.54, 1.807) is 7.11 Å². The Morgan fingerprint density at radius 3 is 3.00 bits per heavy atom. The number of halogens is 1. The number of hydrogen-bond donors (Lipinski definition) is 0. The van der Waals surface area contributed by atoms with Crippen LogP contribution in [0.25, 0.3) is 0 Å². The van der Waals surface area contributed by atoms with E-state index < -0.39 is 0 Å². The lowest BCUT2D eigenvalue weighted by Gasteiger charge is -2.33. The SMILES string of the molecule is C=CCN1CCC2Cc3c(cccc3OC)CC21.Cl. The molecule has 0 N–H and O–H groups in total. The van der Waals surface area contributed by atoms with Gasteiger partial charge in [0.1, 0.15) is 5.75 Å². The first-order valence-electron chi connectivity index (χ1n) is 6.83. The minimum atomic E-state index is 0. The van der Waals surface area contributed by atoms with Gasteiger partial charge in [0.15, 0.2) is 0 Å². The topological polar surface area (TPSA) is 12.5 Å². The highest BCUT2D eigenvalue weighted by Gasteiger charge is 2.37. The van der Waals surface area contributed by atoms with Crippen molar-refractivity contribution in [3.63, 3.8) is 0 Å². The van der Waals surface area contributed by atoms with Gasteiger partial charge in [0.05, 0.1) is 7.11 Å². The van der Waals surface area contributed by atoms with Crippen molar-refractivity contribution in [3.8, 4) is 5.75 Å². The lowest BCUT2D eigenvalue weighted by atomic mass is 9.80. The summed E-state index contributed by atoms with van der Waals surface area (Å²) in [5, 5.41) is 0. The standard InChI is InChI=1S/C16H21NO.ClH/c1-3-8-17-9-7-13-10-14-12(11-15(13)17)5-4-6-16(14)18-2;/h3-6,13,15H,1,7-11H2,2H3;1H. The molecular weight excluding hydrogens is 258 g/mol. The monoisotopic (exact) mass is 279 g/mol. The minimum Gasteiger partial charge on any atom is -0.496 e. The van der Waals surface area contributed by atoms with Crippen LogP contribution in [0.5, 0.6) is 5.75 Å². The van der Waals surface area contributed by atoms with Gasteiger partial charge in [-0.2, -0.15) is 0 Å². The normalized spacial score (nSPS) is 25.1. The number of fused-ring (bicyclic) bond motifs is 2. The summed E-state index contributed by atoms with van der Waals surface area (Å²) in [5.74, 6) is 1.88. The van der Waals surface area contributed by atoms with E-state index in [0.717, 1.165) is 18.2 Å². The van der Waals surface area contributed by atoms with Gasteiger partial charge in [0.2, 0.25) is 0 Å². The summed E-state index contributed by atoms with van der Waals surface area (Å²) < 4.78 is 5.51. The summed E-state index contributed by atoms with van der Waals surface area (Å²) in [7, 11) is 1.78. The van der Waals surface area contributed by atoms with Crippen molar-refractivity contribution < 1.29 is 4.74 Å². The van der Waals surface area contributed by atoms with Crippen LogP contribution in [-0.2, 0) is 12.8 Å². The fourth-order valence-electron chi connectivity index (χ4n) is 3.63. The second kappa shape index (κ2) is 5.98. The molecule has 1 fully saturated rings. The van der Waals surface area contributed by atoms with E-state index in [2.05, 4.69) is 29.7 Å². The van der Waals surface area contributed by atoms with Crippen molar-refractivity contribution in [1.29, 1.82) is 0 Å². The molecule has 0 spiro atoms. The molecule has 2 nitrogen and oxygen atoms in total. The van der Waals surface area contributed by atoms with Gasteiger partial charge in [-0.05, 0) is 48.9 Å². The molecule has 3 heteroatoms. The molecule has 2 unspecified atom stereocenters. The van der Waals surface area contributed by atoms with E-state index in [9.17, 15) is 0 Å². The second-order valence-electron chi connectivity index (χ2n) is 5.41. The summed E-state index contributed by atoms with van der Waals surface area (Å²) in [6.07, 6.45) is 5.70. The van der Waals surface area contributed by atoms with Gasteiger partial charge in [0.25, 0.3) is 0 Å². The van der Waals surface area contributed by atoms with Gasteiger partial charge < -0.3 is 4.74 Å². The largest absolute Gasteiger partial charge is 0.496 e. The van der Waals surface area contributed by atoms with E-state index in [1.807, 2.05) is 6.08 Å². The highest BCUT2D eigenvalue weighted by Crippen LogP contribution is 2.38. The number of hydrogen-bond acceptors (Lipinski definition) is 2. The minimum absolute atomic E-state index is 0. The van der Waals surface area contributed by atoms with Crippen molar-refractivity contribution in [2.75, 3.05) is 20.2 Å². The van der Waals surface area contributed by atoms with Crippen LogP contribution >= 0.6 is 12.4 Å². The molecule has 1 aliphatic carbocycles. The van der Waals surface area contributed by atoms with Crippen LogP contribution in [0.3, 0.4) is 0 Å². The number of benzene rings is 1. The summed E-state index contributed by atoms with van der Waals surface area (Å²) in [5.41, 5.74) is 2.92. The third kappa shape index (κ3) is 2.52. The number of rotatable bonds is 3. The Bertz CT molecular complexity index is 460. The fraction of sp³-hybridized carbons (Fsp3) is 0.500. The summed E-state index contributed by atoms with van der Waals surface area (Å²) >= 11 is 0. The van der Waals surface area contributed by atoms with Gasteiger partial charge in [-0.1, -0.05) is 18.2 Å². The van der Waals surface area contributed by atoms with Crippen LogP contribution in [0.2, 0.25) is 0 Å². The zero-order valence-electron chi connectivity index (χ0n) is 11.5. The first-order chi connectivity index (χ1) is 8.83. The molecule has 2 aliphatic rings. The first-order valence-corrected chi connectivity index (χ1v) is 6.83. The number of ether oxygens (including phenoxy) is 1. The smallest absolute Gasteiger partial charge is 0.122 e. The molecule has 0 amide bonds. The highest BCUT2D eigenvalue weighted by molar-refractivity contribution is 5.85. The van der Waals surface area contributed by atoms with Crippen molar-refractivity contribution in [2.24, 2.45) is 5.92 Å². The van der Waals surface area contributed by atoms with Crippen molar-refractivity contribution >= 4 is 12.4 Å². The molecule has 0 saturated carbocycles. The maximum atomic E-state index is 5.51. The molecule has 3 rings (SSSR count). The van der Waals surface area contributed by atoms with E-state index >= 15 is 0 Å². The van der Waals surface area contributed by atoms with E-state index in [-0.39, 0.29) is 12.4 Å². The Morgan fingerprint density at radius 2 is 2.26 bits per heavy atom. The average Bonchev–Trinajstić information content (AvgIpc) is 2.79. The Kier molecular flexibility index (Phi) is 4.54. The Morgan fingerprint density at radius 1 is 1.42 bits per heavy atom. The van der Waals surface area contributed by atoms with E-state index in [0.29, 0.717) is 6.04 Å². The van der Waals surface area contributed by atoms with Gasteiger partial charge in [0, 0.05) is 12.6 Å². The third-order valence-corrected chi connectivity index (χ3v) is 4.51. The first kappa shape index (κ1) is 14.4. The lowest BCUT2D eigenvalue weighted by molar-refractivity contribution is 0.234. The van der Waals surface area contributed by atoms with Crippen molar-refractivity contribution in [2.45, 2.75) is 25.3 Å². The summed E-state index contributed by atoms with van der Waals surface area (Å²) in [6, 6.07) is 7.18. The van der Waals surface area contributed by atoms with Gasteiger partial charge in [-0.3, -0.25) is 4.90 Å². The third-order valence-electron chi connectivity index (χ3n) is 4.51. The molecule has 1 saturated heterocycles. The zero-order valence-corrected chi connectivity index (χ0v) is 12.3. The Labute approximate surface area is 121 Å². The van der Waals surface area contributed by atoms with Crippen LogP contribution in [-0.4, -0.2) is 31.1 Å².